The van der Waals surface area contributed by atoms with Crippen molar-refractivity contribution >= 4 is 39.7 Å². The summed E-state index contributed by atoms with van der Waals surface area (Å²) in [6.45, 7) is 0. The molecule has 138 valence electrons. The van der Waals surface area contributed by atoms with Gasteiger partial charge in [0.15, 0.2) is 11.5 Å². The van der Waals surface area contributed by atoms with Crippen molar-refractivity contribution in [3.8, 4) is 17.2 Å². The fourth-order valence-corrected chi connectivity index (χ4v) is 2.89. The van der Waals surface area contributed by atoms with E-state index in [4.69, 9.17) is 25.8 Å². The van der Waals surface area contributed by atoms with E-state index in [-0.39, 0.29) is 12.3 Å². The minimum Gasteiger partial charge on any atom is -0.497 e. The molecular weight excluding hydrogens is 424 g/mol. The smallest absolute Gasteiger partial charge is 0.244 e. The Kier molecular flexibility index (Phi) is 7.29. The molecule has 0 aromatic heterocycles. The van der Waals surface area contributed by atoms with Crippen molar-refractivity contribution in [3.63, 3.8) is 0 Å². The van der Waals surface area contributed by atoms with Crippen LogP contribution < -0.4 is 19.6 Å². The molecule has 0 heterocycles. The van der Waals surface area contributed by atoms with Gasteiger partial charge in [-0.15, -0.1) is 0 Å². The second-order valence-electron chi connectivity index (χ2n) is 5.16. The standard InChI is InChI=1S/C18H18BrClN2O4/c1-24-14-4-5-15(20)11(7-14)8-17(23)22-21-10-12-6-13(19)9-16(25-2)18(12)26-3/h4-7,9-10H,8H2,1-3H3,(H,22,23)/b21-10+. The number of carbonyl (C=O) groups excluding carboxylic acids is 1. The minimum atomic E-state index is -0.308. The fourth-order valence-electron chi connectivity index (χ4n) is 2.25. The highest BCUT2D eigenvalue weighted by atomic mass is 79.9. The number of halogens is 2. The lowest BCUT2D eigenvalue weighted by molar-refractivity contribution is -0.120. The Labute approximate surface area is 165 Å². The molecule has 1 N–H and O–H groups in total. The summed E-state index contributed by atoms with van der Waals surface area (Å²) in [6.07, 6.45) is 1.56. The molecule has 0 fully saturated rings. The van der Waals surface area contributed by atoms with Crippen LogP contribution in [-0.2, 0) is 11.2 Å². The van der Waals surface area contributed by atoms with Crippen LogP contribution >= 0.6 is 27.5 Å². The van der Waals surface area contributed by atoms with Crippen molar-refractivity contribution < 1.29 is 19.0 Å². The first-order valence-electron chi connectivity index (χ1n) is 7.54. The topological polar surface area (TPSA) is 69.2 Å². The molecule has 0 unspecified atom stereocenters. The van der Waals surface area contributed by atoms with Gasteiger partial charge in [0.2, 0.25) is 5.91 Å². The van der Waals surface area contributed by atoms with E-state index >= 15 is 0 Å². The third kappa shape index (κ3) is 5.12. The Morgan fingerprint density at radius 3 is 2.62 bits per heavy atom. The molecule has 2 aromatic carbocycles. The zero-order valence-corrected chi connectivity index (χ0v) is 16.8. The lowest BCUT2D eigenvalue weighted by Crippen LogP contribution is -2.20. The number of hydrogen-bond acceptors (Lipinski definition) is 5. The van der Waals surface area contributed by atoms with Crippen molar-refractivity contribution in [1.29, 1.82) is 0 Å². The highest BCUT2D eigenvalue weighted by Crippen LogP contribution is 2.33. The van der Waals surface area contributed by atoms with Crippen molar-refractivity contribution in [2.24, 2.45) is 5.10 Å². The number of nitrogens with zero attached hydrogens (tertiary/aromatic N) is 1. The van der Waals surface area contributed by atoms with Gasteiger partial charge in [-0.1, -0.05) is 27.5 Å². The van der Waals surface area contributed by atoms with Crippen LogP contribution in [0.1, 0.15) is 11.1 Å². The molecule has 0 spiro atoms. The van der Waals surface area contributed by atoms with Crippen molar-refractivity contribution in [3.05, 3.63) is 51.0 Å². The lowest BCUT2D eigenvalue weighted by Gasteiger charge is -2.11. The summed E-state index contributed by atoms with van der Waals surface area (Å²) in [4.78, 5) is 12.1. The van der Waals surface area contributed by atoms with Gasteiger partial charge in [-0.3, -0.25) is 4.79 Å². The zero-order valence-electron chi connectivity index (χ0n) is 14.5. The molecule has 0 saturated carbocycles. The van der Waals surface area contributed by atoms with Crippen LogP contribution in [0, 0.1) is 0 Å². The Hall–Kier alpha value is -2.25. The number of nitrogens with one attached hydrogen (secondary N) is 1. The van der Waals surface area contributed by atoms with E-state index in [1.165, 1.54) is 13.3 Å². The highest BCUT2D eigenvalue weighted by molar-refractivity contribution is 9.10. The second-order valence-corrected chi connectivity index (χ2v) is 6.48. The first-order chi connectivity index (χ1) is 12.5. The van der Waals surface area contributed by atoms with Gasteiger partial charge in [0, 0.05) is 15.1 Å². The van der Waals surface area contributed by atoms with E-state index in [1.54, 1.807) is 44.6 Å². The number of hydrogen-bond donors (Lipinski definition) is 1. The van der Waals surface area contributed by atoms with E-state index in [2.05, 4.69) is 26.5 Å². The first-order valence-corrected chi connectivity index (χ1v) is 8.71. The molecule has 0 saturated heterocycles. The Balaban J connectivity index is 2.09. The van der Waals surface area contributed by atoms with Gasteiger partial charge < -0.3 is 14.2 Å². The summed E-state index contributed by atoms with van der Waals surface area (Å²) in [5.41, 5.74) is 3.78. The van der Waals surface area contributed by atoms with Gasteiger partial charge in [-0.25, -0.2) is 5.43 Å². The number of amides is 1. The molecule has 1 amide bonds. The maximum Gasteiger partial charge on any atom is 0.244 e. The van der Waals surface area contributed by atoms with E-state index < -0.39 is 0 Å². The highest BCUT2D eigenvalue weighted by Gasteiger charge is 2.11. The van der Waals surface area contributed by atoms with Gasteiger partial charge in [0.05, 0.1) is 34.0 Å². The van der Waals surface area contributed by atoms with Gasteiger partial charge in [0.25, 0.3) is 0 Å². The van der Waals surface area contributed by atoms with Gasteiger partial charge in [-0.2, -0.15) is 5.10 Å². The Morgan fingerprint density at radius 1 is 1.19 bits per heavy atom. The molecule has 2 aromatic rings. The molecule has 8 heteroatoms. The van der Waals surface area contributed by atoms with Crippen LogP contribution in [0.2, 0.25) is 5.02 Å². The molecular formula is C18H18BrClN2O4. The van der Waals surface area contributed by atoms with Crippen LogP contribution in [0.25, 0.3) is 0 Å². The summed E-state index contributed by atoms with van der Waals surface area (Å²) in [7, 11) is 4.63. The second kappa shape index (κ2) is 9.45. The molecule has 0 bridgehead atoms. The minimum absolute atomic E-state index is 0.0757. The average Bonchev–Trinajstić information content (AvgIpc) is 2.63. The van der Waals surface area contributed by atoms with E-state index in [0.717, 1.165) is 4.47 Å². The SMILES string of the molecule is COc1ccc(Cl)c(CC(=O)N/N=C/c2cc(Br)cc(OC)c2OC)c1. The Morgan fingerprint density at radius 2 is 1.96 bits per heavy atom. The van der Waals surface area contributed by atoms with Gasteiger partial charge >= 0.3 is 0 Å². The van der Waals surface area contributed by atoms with Gasteiger partial charge in [-0.05, 0) is 35.9 Å². The van der Waals surface area contributed by atoms with Crippen LogP contribution in [-0.4, -0.2) is 33.5 Å². The summed E-state index contributed by atoms with van der Waals surface area (Å²) in [5.74, 6) is 1.39. The van der Waals surface area contributed by atoms with Crippen molar-refractivity contribution in [2.75, 3.05) is 21.3 Å². The van der Waals surface area contributed by atoms with Crippen LogP contribution in [0.3, 0.4) is 0 Å². The number of ether oxygens (including phenoxy) is 3. The molecule has 0 atom stereocenters. The molecule has 26 heavy (non-hydrogen) atoms. The van der Waals surface area contributed by atoms with Gasteiger partial charge in [0.1, 0.15) is 5.75 Å². The first kappa shape index (κ1) is 20.1. The fraction of sp³-hybridized carbons (Fsp3) is 0.222. The van der Waals surface area contributed by atoms with Crippen molar-refractivity contribution in [2.45, 2.75) is 6.42 Å². The predicted molar refractivity (Wildman–Crippen MR) is 105 cm³/mol. The van der Waals surface area contributed by atoms with Crippen LogP contribution in [0.15, 0.2) is 39.9 Å². The molecule has 0 aliphatic carbocycles. The number of rotatable bonds is 7. The molecule has 2 rings (SSSR count). The molecule has 0 radical (unpaired) electrons. The number of methoxy groups -OCH3 is 3. The van der Waals surface area contributed by atoms with E-state index in [1.807, 2.05) is 0 Å². The van der Waals surface area contributed by atoms with Crippen LogP contribution in [0.4, 0.5) is 0 Å². The maximum atomic E-state index is 12.1. The monoisotopic (exact) mass is 440 g/mol. The van der Waals surface area contributed by atoms with E-state index in [9.17, 15) is 4.79 Å². The number of carbonyl (C=O) groups is 1. The third-order valence-corrected chi connectivity index (χ3v) is 4.30. The number of hydrazone groups is 1. The normalized spacial score (nSPS) is 10.7. The largest absolute Gasteiger partial charge is 0.497 e. The quantitative estimate of drug-likeness (QED) is 0.524. The third-order valence-electron chi connectivity index (χ3n) is 3.47. The lowest BCUT2D eigenvalue weighted by atomic mass is 10.1. The van der Waals surface area contributed by atoms with E-state index in [0.29, 0.717) is 33.4 Å². The summed E-state index contributed by atoms with van der Waals surface area (Å²) < 4.78 is 16.5. The zero-order chi connectivity index (χ0) is 19.1. The van der Waals surface area contributed by atoms with Crippen molar-refractivity contribution in [1.82, 2.24) is 5.43 Å². The molecule has 0 aliphatic heterocycles. The van der Waals surface area contributed by atoms with Crippen LogP contribution in [0.5, 0.6) is 17.2 Å². The predicted octanol–water partition coefficient (Wildman–Crippen LogP) is 3.82. The summed E-state index contributed by atoms with van der Waals surface area (Å²) in [6, 6.07) is 8.71. The Bertz CT molecular complexity index is 827. The number of benzene rings is 2. The molecule has 0 aliphatic rings. The summed E-state index contributed by atoms with van der Waals surface area (Å²) >= 11 is 9.50. The average molecular weight is 442 g/mol. The maximum absolute atomic E-state index is 12.1. The summed E-state index contributed by atoms with van der Waals surface area (Å²) in [5, 5.41) is 4.47. The molecule has 6 nitrogen and oxygen atoms in total.